The van der Waals surface area contributed by atoms with Crippen LogP contribution in [0.1, 0.15) is 57.1 Å². The van der Waals surface area contributed by atoms with E-state index < -0.39 is 17.5 Å². The number of hydrogen-bond donors (Lipinski definition) is 3. The molecule has 1 aliphatic carbocycles. The number of nitrogens with one attached hydrogen (secondary N) is 3. The molecular weight excluding hydrogens is 400 g/mol. The number of aromatic nitrogens is 3. The van der Waals surface area contributed by atoms with Crippen molar-refractivity contribution in [2.45, 2.75) is 64.1 Å². The van der Waals surface area contributed by atoms with E-state index in [4.69, 9.17) is 0 Å². The quantitative estimate of drug-likeness (QED) is 0.628. The van der Waals surface area contributed by atoms with E-state index in [1.807, 2.05) is 0 Å². The van der Waals surface area contributed by atoms with Gasteiger partial charge in [0, 0.05) is 19.0 Å². The van der Waals surface area contributed by atoms with Gasteiger partial charge in [-0.05, 0) is 55.7 Å². The summed E-state index contributed by atoms with van der Waals surface area (Å²) in [5.74, 6) is -0.206. The van der Waals surface area contributed by atoms with Gasteiger partial charge in [-0.1, -0.05) is 18.2 Å². The molecule has 2 aromatic rings. The lowest BCUT2D eigenvalue weighted by atomic mass is 9.87. The van der Waals surface area contributed by atoms with Crippen molar-refractivity contribution >= 4 is 28.7 Å². The fraction of sp³-hybridized carbons (Fsp3) is 0.524. The molecule has 3 N–H and O–H groups in total. The lowest BCUT2D eigenvalue weighted by Crippen LogP contribution is -2.45. The number of carbonyl (C=O) groups is 3. The van der Waals surface area contributed by atoms with Gasteiger partial charge in [0.15, 0.2) is 0 Å². The monoisotopic (exact) mass is 426 g/mol. The highest BCUT2D eigenvalue weighted by Crippen LogP contribution is 2.23. The molecular formula is C21H26N6O4. The predicted molar refractivity (Wildman–Crippen MR) is 112 cm³/mol. The van der Waals surface area contributed by atoms with Crippen molar-refractivity contribution in [2.75, 3.05) is 0 Å². The second kappa shape index (κ2) is 8.83. The molecule has 164 valence electrons. The van der Waals surface area contributed by atoms with Crippen LogP contribution in [0, 0.1) is 5.92 Å². The molecule has 1 aliphatic heterocycles. The Morgan fingerprint density at radius 2 is 1.94 bits per heavy atom. The molecule has 1 saturated carbocycles. The van der Waals surface area contributed by atoms with E-state index in [0.29, 0.717) is 16.8 Å². The SMILES string of the molecule is CC1CCC(NC(=O)NCc2ccc3nnn(C4CCC(=O)NC4=O)c(=O)c3c2)CC1. The first kappa shape index (κ1) is 21.0. The van der Waals surface area contributed by atoms with E-state index in [1.54, 1.807) is 18.2 Å². The third kappa shape index (κ3) is 4.73. The molecule has 1 unspecified atom stereocenters. The summed E-state index contributed by atoms with van der Waals surface area (Å²) in [5, 5.41) is 16.3. The van der Waals surface area contributed by atoms with Crippen LogP contribution in [0.3, 0.4) is 0 Å². The van der Waals surface area contributed by atoms with E-state index in [1.165, 1.54) is 0 Å². The number of piperidine rings is 1. The van der Waals surface area contributed by atoms with Gasteiger partial charge in [0.05, 0.1) is 5.39 Å². The zero-order chi connectivity index (χ0) is 22.0. The highest BCUT2D eigenvalue weighted by Gasteiger charge is 2.30. The molecule has 10 nitrogen and oxygen atoms in total. The normalized spacial score (nSPS) is 24.0. The third-order valence-corrected chi connectivity index (χ3v) is 6.06. The topological polar surface area (TPSA) is 135 Å². The number of hydrogen-bond acceptors (Lipinski definition) is 6. The maximum Gasteiger partial charge on any atom is 0.315 e. The maximum atomic E-state index is 12.9. The highest BCUT2D eigenvalue weighted by molar-refractivity contribution is 5.99. The fourth-order valence-corrected chi connectivity index (χ4v) is 4.15. The number of imide groups is 1. The van der Waals surface area contributed by atoms with Crippen LogP contribution in [0.5, 0.6) is 0 Å². The first-order valence-electron chi connectivity index (χ1n) is 10.7. The van der Waals surface area contributed by atoms with Crippen LogP contribution < -0.4 is 21.5 Å². The summed E-state index contributed by atoms with van der Waals surface area (Å²) < 4.78 is 1.03. The molecule has 1 aromatic carbocycles. The number of rotatable bonds is 4. The average Bonchev–Trinajstić information content (AvgIpc) is 2.75. The molecule has 0 spiro atoms. The van der Waals surface area contributed by atoms with Gasteiger partial charge in [-0.25, -0.2) is 4.79 Å². The average molecular weight is 426 g/mol. The molecule has 1 saturated heterocycles. The Labute approximate surface area is 178 Å². The summed E-state index contributed by atoms with van der Waals surface area (Å²) in [6.45, 7) is 2.49. The molecule has 2 fully saturated rings. The first-order valence-corrected chi connectivity index (χ1v) is 10.7. The Kier molecular flexibility index (Phi) is 5.97. The van der Waals surface area contributed by atoms with Crippen LogP contribution >= 0.6 is 0 Å². The number of fused-ring (bicyclic) bond motifs is 1. The molecule has 1 atom stereocenters. The highest BCUT2D eigenvalue weighted by atomic mass is 16.2. The van der Waals surface area contributed by atoms with Crippen molar-refractivity contribution in [1.29, 1.82) is 0 Å². The number of amides is 4. The second-order valence-electron chi connectivity index (χ2n) is 8.44. The number of benzene rings is 1. The smallest absolute Gasteiger partial charge is 0.315 e. The van der Waals surface area contributed by atoms with Gasteiger partial charge in [0.2, 0.25) is 5.91 Å². The summed E-state index contributed by atoms with van der Waals surface area (Å²) in [6, 6.07) is 4.19. The number of nitrogens with zero attached hydrogens (tertiary/aromatic N) is 3. The second-order valence-corrected chi connectivity index (χ2v) is 8.44. The van der Waals surface area contributed by atoms with Crippen LogP contribution in [-0.4, -0.2) is 38.9 Å². The van der Waals surface area contributed by atoms with Gasteiger partial charge in [0.1, 0.15) is 11.6 Å². The standard InChI is InChI=1S/C21H26N6O4/c1-12-2-5-14(6-3-12)23-21(31)22-11-13-4-7-16-15(10-13)20(30)27(26-25-16)17-8-9-18(28)24-19(17)29/h4,7,10,12,14,17H,2-3,5-6,8-9,11H2,1H3,(H2,22,23,31)(H,24,28,29). The van der Waals surface area contributed by atoms with E-state index in [2.05, 4.69) is 33.2 Å². The minimum Gasteiger partial charge on any atom is -0.335 e. The number of urea groups is 1. The summed E-state index contributed by atoms with van der Waals surface area (Å²) >= 11 is 0. The molecule has 2 heterocycles. The molecule has 31 heavy (non-hydrogen) atoms. The molecule has 1 aromatic heterocycles. The Bertz CT molecular complexity index is 1070. The van der Waals surface area contributed by atoms with Crippen LogP contribution in [0.2, 0.25) is 0 Å². The van der Waals surface area contributed by atoms with Crippen LogP contribution in [0.4, 0.5) is 4.79 Å². The van der Waals surface area contributed by atoms with Crippen molar-refractivity contribution in [2.24, 2.45) is 5.92 Å². The van der Waals surface area contributed by atoms with Crippen LogP contribution in [0.15, 0.2) is 23.0 Å². The van der Waals surface area contributed by atoms with Crippen molar-refractivity contribution in [3.05, 3.63) is 34.1 Å². The van der Waals surface area contributed by atoms with Crippen molar-refractivity contribution in [3.63, 3.8) is 0 Å². The van der Waals surface area contributed by atoms with Gasteiger partial charge in [0.25, 0.3) is 11.5 Å². The van der Waals surface area contributed by atoms with Crippen molar-refractivity contribution < 1.29 is 14.4 Å². The largest absolute Gasteiger partial charge is 0.335 e. The minimum absolute atomic E-state index is 0.140. The summed E-state index contributed by atoms with van der Waals surface area (Å²) in [5.41, 5.74) is 0.681. The molecule has 0 radical (unpaired) electrons. The Morgan fingerprint density at radius 3 is 2.68 bits per heavy atom. The molecule has 4 rings (SSSR count). The van der Waals surface area contributed by atoms with E-state index in [0.717, 1.165) is 35.9 Å². The summed E-state index contributed by atoms with van der Waals surface area (Å²) in [6.07, 6.45) is 4.56. The molecule has 10 heteroatoms. The van der Waals surface area contributed by atoms with Crippen LogP contribution in [0.25, 0.3) is 10.9 Å². The lowest BCUT2D eigenvalue weighted by Gasteiger charge is -2.26. The summed E-state index contributed by atoms with van der Waals surface area (Å²) in [7, 11) is 0. The molecule has 0 bridgehead atoms. The Morgan fingerprint density at radius 1 is 1.16 bits per heavy atom. The third-order valence-electron chi connectivity index (χ3n) is 6.06. The minimum atomic E-state index is -0.868. The van der Waals surface area contributed by atoms with Crippen molar-refractivity contribution in [1.82, 2.24) is 30.9 Å². The van der Waals surface area contributed by atoms with Gasteiger partial charge in [-0.15, -0.1) is 5.10 Å². The van der Waals surface area contributed by atoms with Crippen molar-refractivity contribution in [3.8, 4) is 0 Å². The molecule has 4 amide bonds. The molecule has 2 aliphatic rings. The van der Waals surface area contributed by atoms with Gasteiger partial charge in [-0.2, -0.15) is 4.68 Å². The Balaban J connectivity index is 1.45. The van der Waals surface area contributed by atoms with E-state index >= 15 is 0 Å². The van der Waals surface area contributed by atoms with Gasteiger partial charge in [-0.3, -0.25) is 19.7 Å². The van der Waals surface area contributed by atoms with E-state index in [9.17, 15) is 19.2 Å². The van der Waals surface area contributed by atoms with Crippen LogP contribution in [-0.2, 0) is 16.1 Å². The summed E-state index contributed by atoms with van der Waals surface area (Å²) in [4.78, 5) is 48.6. The van der Waals surface area contributed by atoms with Gasteiger partial charge < -0.3 is 10.6 Å². The van der Waals surface area contributed by atoms with Gasteiger partial charge >= 0.3 is 6.03 Å². The maximum absolute atomic E-state index is 12.9. The fourth-order valence-electron chi connectivity index (χ4n) is 4.15. The lowest BCUT2D eigenvalue weighted by molar-refractivity contribution is -0.136. The zero-order valence-corrected chi connectivity index (χ0v) is 17.4. The first-order chi connectivity index (χ1) is 14.9. The zero-order valence-electron chi connectivity index (χ0n) is 17.4. The Hall–Kier alpha value is -3.30. The predicted octanol–water partition coefficient (Wildman–Crippen LogP) is 1.15. The number of carbonyl (C=O) groups excluding carboxylic acids is 3. The van der Waals surface area contributed by atoms with E-state index in [-0.39, 0.29) is 37.4 Å².